The SMILES string of the molecule is CC(C)(C)c1ccc2oc3c(c2c1)N(c1ccc2c(c1)C(C)(C)CCC2(C)C)c1cc(C2CCCCC2)cc2c1B3c1cc3c(cc1N2c1cc2c(cc1-c1ccccc1)C(C)(C)CCC2(C)C)C(C)(C)CCC3(C)C. The van der Waals surface area contributed by atoms with Crippen LogP contribution in [0.5, 0.6) is 0 Å². The number of nitrogens with zero attached hydrogens (tertiary/aromatic N) is 2. The molecule has 4 heteroatoms. The lowest BCUT2D eigenvalue weighted by atomic mass is 9.35. The van der Waals surface area contributed by atoms with E-state index in [1.165, 1.54) is 157 Å². The first kappa shape index (κ1) is 50.1. The second-order valence-corrected chi connectivity index (χ2v) is 30.0. The molecule has 6 aromatic carbocycles. The highest BCUT2D eigenvalue weighted by Crippen LogP contribution is 2.57. The van der Waals surface area contributed by atoms with Gasteiger partial charge in [-0.15, -0.1) is 0 Å². The Morgan fingerprint density at radius 1 is 0.487 bits per heavy atom. The average Bonchev–Trinajstić information content (AvgIpc) is 3.78. The summed E-state index contributed by atoms with van der Waals surface area (Å²) in [5, 5.41) is 1.21. The lowest BCUT2D eigenvalue weighted by Crippen LogP contribution is -2.61. The van der Waals surface area contributed by atoms with Crippen molar-refractivity contribution in [1.82, 2.24) is 0 Å². The van der Waals surface area contributed by atoms with Gasteiger partial charge in [0.2, 0.25) is 0 Å². The van der Waals surface area contributed by atoms with Crippen molar-refractivity contribution in [2.75, 3.05) is 9.80 Å². The van der Waals surface area contributed by atoms with Crippen LogP contribution in [-0.2, 0) is 37.9 Å². The molecular formula is C72H85BN2O. The number of furan rings is 1. The minimum Gasteiger partial charge on any atom is -0.468 e. The minimum absolute atomic E-state index is 0.0110. The smallest absolute Gasteiger partial charge is 0.297 e. The Balaban J connectivity index is 1.21. The summed E-state index contributed by atoms with van der Waals surface area (Å²) in [4.78, 5) is 5.54. The Bertz CT molecular complexity index is 3530. The first-order valence-electron chi connectivity index (χ1n) is 29.7. The van der Waals surface area contributed by atoms with Gasteiger partial charge in [0.25, 0.3) is 6.71 Å². The van der Waals surface area contributed by atoms with Gasteiger partial charge in [0, 0.05) is 33.7 Å². The molecule has 392 valence electrons. The number of hydrogen-bond donors (Lipinski definition) is 0. The van der Waals surface area contributed by atoms with E-state index in [1.807, 2.05) is 0 Å². The fraction of sp³-hybridized carbons (Fsp3) is 0.472. The third-order valence-electron chi connectivity index (χ3n) is 21.0. The van der Waals surface area contributed by atoms with E-state index in [2.05, 4.69) is 217 Å². The van der Waals surface area contributed by atoms with Gasteiger partial charge in [-0.3, -0.25) is 0 Å². The summed E-state index contributed by atoms with van der Waals surface area (Å²) in [6.45, 7) is 36.9. The summed E-state index contributed by atoms with van der Waals surface area (Å²) >= 11 is 0. The van der Waals surface area contributed by atoms with Gasteiger partial charge in [0.15, 0.2) is 0 Å². The van der Waals surface area contributed by atoms with Crippen molar-refractivity contribution in [3.05, 3.63) is 148 Å². The van der Waals surface area contributed by atoms with E-state index in [1.54, 1.807) is 0 Å². The van der Waals surface area contributed by atoms with E-state index in [0.717, 1.165) is 30.5 Å². The summed E-state index contributed by atoms with van der Waals surface area (Å²) in [7, 11) is 0. The van der Waals surface area contributed by atoms with Crippen molar-refractivity contribution in [2.45, 2.75) is 218 Å². The van der Waals surface area contributed by atoms with Crippen LogP contribution < -0.4 is 26.4 Å². The minimum atomic E-state index is -0.124. The molecule has 0 saturated heterocycles. The van der Waals surface area contributed by atoms with Crippen molar-refractivity contribution >= 4 is 68.4 Å². The number of fused-ring (bicyclic) bond motifs is 9. The molecule has 1 saturated carbocycles. The highest BCUT2D eigenvalue weighted by Gasteiger charge is 2.51. The highest BCUT2D eigenvalue weighted by atomic mass is 16.3. The van der Waals surface area contributed by atoms with Gasteiger partial charge >= 0.3 is 0 Å². The van der Waals surface area contributed by atoms with Crippen LogP contribution in [0.2, 0.25) is 0 Å². The van der Waals surface area contributed by atoms with E-state index >= 15 is 0 Å². The van der Waals surface area contributed by atoms with Crippen molar-refractivity contribution < 1.29 is 4.42 Å². The Kier molecular flexibility index (Phi) is 10.9. The van der Waals surface area contributed by atoms with E-state index in [9.17, 15) is 0 Å². The molecule has 3 nitrogen and oxygen atoms in total. The third-order valence-corrected chi connectivity index (χ3v) is 21.0. The number of anilines is 6. The molecule has 2 aliphatic heterocycles. The lowest BCUT2D eigenvalue weighted by molar-refractivity contribution is 0.332. The van der Waals surface area contributed by atoms with Crippen LogP contribution >= 0.6 is 0 Å². The third kappa shape index (κ3) is 7.54. The van der Waals surface area contributed by atoms with Gasteiger partial charge in [0.1, 0.15) is 5.58 Å². The van der Waals surface area contributed by atoms with E-state index in [-0.39, 0.29) is 44.6 Å². The quantitative estimate of drug-likeness (QED) is 0.164. The Morgan fingerprint density at radius 2 is 1.01 bits per heavy atom. The molecule has 6 aliphatic rings. The summed E-state index contributed by atoms with van der Waals surface area (Å²) in [6, 6.07) is 42.2. The molecule has 0 unspecified atom stereocenters. The maximum absolute atomic E-state index is 7.68. The maximum Gasteiger partial charge on any atom is 0.297 e. The molecule has 76 heavy (non-hydrogen) atoms. The van der Waals surface area contributed by atoms with Gasteiger partial charge in [-0.05, 0) is 211 Å². The molecule has 4 aliphatic carbocycles. The zero-order valence-electron chi connectivity index (χ0n) is 49.1. The van der Waals surface area contributed by atoms with Gasteiger partial charge in [-0.1, -0.05) is 172 Å². The first-order chi connectivity index (χ1) is 35.8. The largest absolute Gasteiger partial charge is 0.468 e. The van der Waals surface area contributed by atoms with Crippen LogP contribution in [0, 0.1) is 0 Å². The molecule has 13 rings (SSSR count). The Morgan fingerprint density at radius 3 is 1.61 bits per heavy atom. The van der Waals surface area contributed by atoms with Gasteiger partial charge in [0.05, 0.1) is 17.0 Å². The van der Waals surface area contributed by atoms with Gasteiger partial charge in [-0.25, -0.2) is 0 Å². The summed E-state index contributed by atoms with van der Waals surface area (Å²) in [5.41, 5.74) is 27.1. The molecule has 0 spiro atoms. The standard InChI is InChI=1S/C72H85BN2O/c1-66(2,3)47-26-29-62-50(38-47)64-65(76-62)73-57-41-54-56(72(14,15)35-33-70(54,10)11)43-59(57)75(58-42-55-53(69(8,9)32-34-71(55,12)13)40-49(58)45-24-20-17-21-25-45)61-37-46(44-22-18-16-19-23-44)36-60(63(61)73)74(64)48-27-28-51-52(39-48)68(6,7)31-30-67(51,4)5/h17,20-21,24-29,36-44H,16,18-19,22-23,30-35H2,1-15H3. The molecule has 1 aromatic heterocycles. The van der Waals surface area contributed by atoms with Crippen molar-refractivity contribution in [3.8, 4) is 11.1 Å². The van der Waals surface area contributed by atoms with Crippen molar-refractivity contribution in [1.29, 1.82) is 0 Å². The van der Waals surface area contributed by atoms with Crippen molar-refractivity contribution in [3.63, 3.8) is 0 Å². The molecule has 0 bridgehead atoms. The zero-order chi connectivity index (χ0) is 53.4. The van der Waals surface area contributed by atoms with E-state index in [4.69, 9.17) is 4.42 Å². The summed E-state index contributed by atoms with van der Waals surface area (Å²) in [5.74, 6) is 0.484. The topological polar surface area (TPSA) is 19.6 Å². The molecule has 7 aromatic rings. The predicted molar refractivity (Wildman–Crippen MR) is 326 cm³/mol. The summed E-state index contributed by atoms with van der Waals surface area (Å²) in [6.07, 6.45) is 13.3. The second kappa shape index (κ2) is 16.5. The van der Waals surface area contributed by atoms with Gasteiger partial charge < -0.3 is 14.2 Å². The van der Waals surface area contributed by atoms with Crippen LogP contribution in [0.4, 0.5) is 34.1 Å². The molecule has 1 fully saturated rings. The first-order valence-corrected chi connectivity index (χ1v) is 29.7. The fourth-order valence-corrected chi connectivity index (χ4v) is 15.6. The molecule has 0 amide bonds. The molecule has 3 heterocycles. The Hall–Kier alpha value is -5.48. The van der Waals surface area contributed by atoms with Gasteiger partial charge in [-0.2, -0.15) is 0 Å². The number of hydrogen-bond acceptors (Lipinski definition) is 3. The highest BCUT2D eigenvalue weighted by molar-refractivity contribution is 7.00. The normalized spacial score (nSPS) is 21.3. The van der Waals surface area contributed by atoms with Crippen molar-refractivity contribution in [2.24, 2.45) is 0 Å². The fourth-order valence-electron chi connectivity index (χ4n) is 15.6. The molecule has 0 radical (unpaired) electrons. The van der Waals surface area contributed by atoms with Crippen LogP contribution in [-0.4, -0.2) is 6.71 Å². The maximum atomic E-state index is 7.68. The second-order valence-electron chi connectivity index (χ2n) is 30.0. The van der Waals surface area contributed by atoms with Crippen LogP contribution in [0.15, 0.2) is 108 Å². The summed E-state index contributed by atoms with van der Waals surface area (Å²) < 4.78 is 7.68. The van der Waals surface area contributed by atoms with Crippen LogP contribution in [0.3, 0.4) is 0 Å². The predicted octanol–water partition coefficient (Wildman–Crippen LogP) is 18.6. The lowest BCUT2D eigenvalue weighted by Gasteiger charge is -2.48. The average molecular weight is 1010 g/mol. The molecular weight excluding hydrogens is 920 g/mol. The number of benzene rings is 6. The molecule has 0 atom stereocenters. The zero-order valence-corrected chi connectivity index (χ0v) is 49.1. The monoisotopic (exact) mass is 1000 g/mol. The number of rotatable bonds is 4. The molecule has 0 N–H and O–H groups in total. The van der Waals surface area contributed by atoms with E-state index in [0.29, 0.717) is 5.92 Å². The van der Waals surface area contributed by atoms with E-state index < -0.39 is 0 Å². The van der Waals surface area contributed by atoms with Crippen LogP contribution in [0.25, 0.3) is 22.1 Å². The Labute approximate surface area is 457 Å². The van der Waals surface area contributed by atoms with Crippen LogP contribution in [0.1, 0.15) is 225 Å².